The molecule has 3 saturated heterocycles. The maximum Gasteiger partial charge on any atom is 0.271 e. The summed E-state index contributed by atoms with van der Waals surface area (Å²) in [5.41, 5.74) is 0.511. The number of carbonyl (C=O) groups excluding carboxylic acids is 3. The standard InChI is InChI=1S/C22H19N3O5/c26-20(13-6-2-1-3-7-13)19-18-17(16-10-5-11-23(16)19)21(27)24(22(18)28)14-8-4-9-15(12-14)25(29)30/h1-4,6-9,12,16-19H,5,10-11H2/t16-,17-,18-,19+/m0/s1. The van der Waals surface area contributed by atoms with Gasteiger partial charge >= 0.3 is 0 Å². The molecule has 8 nitrogen and oxygen atoms in total. The second-order valence-electron chi connectivity index (χ2n) is 7.96. The molecule has 0 spiro atoms. The summed E-state index contributed by atoms with van der Waals surface area (Å²) in [7, 11) is 0. The van der Waals surface area contributed by atoms with Gasteiger partial charge in [0.2, 0.25) is 11.8 Å². The fourth-order valence-corrected chi connectivity index (χ4v) is 5.29. The smallest absolute Gasteiger partial charge is 0.271 e. The molecule has 0 N–H and O–H groups in total. The molecule has 0 saturated carbocycles. The molecule has 3 aliphatic rings. The van der Waals surface area contributed by atoms with Crippen molar-refractivity contribution in [2.24, 2.45) is 11.8 Å². The van der Waals surface area contributed by atoms with Crippen molar-refractivity contribution in [1.29, 1.82) is 0 Å². The van der Waals surface area contributed by atoms with Crippen LogP contribution in [0.1, 0.15) is 23.2 Å². The van der Waals surface area contributed by atoms with Gasteiger partial charge in [0.15, 0.2) is 5.78 Å². The molecule has 3 heterocycles. The molecule has 0 aromatic heterocycles. The lowest BCUT2D eigenvalue weighted by Gasteiger charge is -2.27. The van der Waals surface area contributed by atoms with Gasteiger partial charge in [-0.3, -0.25) is 29.4 Å². The number of non-ortho nitro benzene ring substituents is 1. The number of ketones is 1. The minimum absolute atomic E-state index is 0.156. The van der Waals surface area contributed by atoms with Crippen LogP contribution in [0.15, 0.2) is 54.6 Å². The van der Waals surface area contributed by atoms with Gasteiger partial charge in [-0.15, -0.1) is 0 Å². The molecule has 0 unspecified atom stereocenters. The maximum absolute atomic E-state index is 13.4. The van der Waals surface area contributed by atoms with Gasteiger partial charge in [0.1, 0.15) is 0 Å². The number of rotatable bonds is 4. The van der Waals surface area contributed by atoms with Gasteiger partial charge in [-0.1, -0.05) is 36.4 Å². The van der Waals surface area contributed by atoms with E-state index in [1.165, 1.54) is 24.3 Å². The lowest BCUT2D eigenvalue weighted by atomic mass is 9.85. The zero-order chi connectivity index (χ0) is 21.0. The van der Waals surface area contributed by atoms with Crippen LogP contribution in [0.25, 0.3) is 0 Å². The summed E-state index contributed by atoms with van der Waals surface area (Å²) in [4.78, 5) is 53.7. The lowest BCUT2D eigenvalue weighted by Crippen LogP contribution is -2.46. The molecule has 2 aromatic rings. The first-order valence-corrected chi connectivity index (χ1v) is 9.96. The minimum Gasteiger partial charge on any atom is -0.292 e. The van der Waals surface area contributed by atoms with Crippen molar-refractivity contribution < 1.29 is 19.3 Å². The van der Waals surface area contributed by atoms with Gasteiger partial charge in [-0.05, 0) is 25.5 Å². The van der Waals surface area contributed by atoms with E-state index in [1.807, 2.05) is 11.0 Å². The average molecular weight is 405 g/mol. The van der Waals surface area contributed by atoms with E-state index in [0.29, 0.717) is 12.1 Å². The van der Waals surface area contributed by atoms with Gasteiger partial charge in [0.25, 0.3) is 5.69 Å². The second-order valence-corrected chi connectivity index (χ2v) is 7.96. The Kier molecular flexibility index (Phi) is 4.25. The summed E-state index contributed by atoms with van der Waals surface area (Å²) < 4.78 is 0. The Morgan fingerprint density at radius 1 is 1.00 bits per heavy atom. The van der Waals surface area contributed by atoms with E-state index >= 15 is 0 Å². The Morgan fingerprint density at radius 3 is 2.47 bits per heavy atom. The Bertz CT molecular complexity index is 1070. The minimum atomic E-state index is -0.769. The predicted octanol–water partition coefficient (Wildman–Crippen LogP) is 2.43. The van der Waals surface area contributed by atoms with Crippen LogP contribution in [0.5, 0.6) is 0 Å². The third-order valence-electron chi connectivity index (χ3n) is 6.48. The molecule has 30 heavy (non-hydrogen) atoms. The fraction of sp³-hybridized carbons (Fsp3) is 0.318. The van der Waals surface area contributed by atoms with Crippen molar-refractivity contribution in [2.45, 2.75) is 24.9 Å². The highest BCUT2D eigenvalue weighted by atomic mass is 16.6. The molecular formula is C22H19N3O5. The monoisotopic (exact) mass is 405 g/mol. The molecule has 2 aromatic carbocycles. The number of amides is 2. The summed E-state index contributed by atoms with van der Waals surface area (Å²) in [5, 5.41) is 11.1. The Labute approximate surface area is 172 Å². The van der Waals surface area contributed by atoms with Crippen LogP contribution in [0.4, 0.5) is 11.4 Å². The maximum atomic E-state index is 13.4. The number of hydrogen-bond donors (Lipinski definition) is 0. The zero-order valence-corrected chi connectivity index (χ0v) is 16.0. The van der Waals surface area contributed by atoms with Crippen LogP contribution >= 0.6 is 0 Å². The van der Waals surface area contributed by atoms with Gasteiger partial charge in [-0.2, -0.15) is 0 Å². The van der Waals surface area contributed by atoms with E-state index < -0.39 is 28.7 Å². The van der Waals surface area contributed by atoms with Gasteiger partial charge in [0.05, 0.1) is 28.5 Å². The van der Waals surface area contributed by atoms with Gasteiger partial charge < -0.3 is 0 Å². The summed E-state index contributed by atoms with van der Waals surface area (Å²) in [6.45, 7) is 0.679. The van der Waals surface area contributed by atoms with E-state index in [-0.39, 0.29) is 29.1 Å². The number of nitro groups is 1. The first-order valence-electron chi connectivity index (χ1n) is 9.96. The second kappa shape index (κ2) is 6.84. The van der Waals surface area contributed by atoms with E-state index in [4.69, 9.17) is 0 Å². The molecule has 0 bridgehead atoms. The summed E-state index contributed by atoms with van der Waals surface area (Å²) in [6, 6.07) is 13.5. The average Bonchev–Trinajstić information content (AvgIpc) is 3.40. The molecule has 0 aliphatic carbocycles. The highest BCUT2D eigenvalue weighted by Crippen LogP contribution is 2.48. The van der Waals surface area contributed by atoms with E-state index in [0.717, 1.165) is 17.7 Å². The van der Waals surface area contributed by atoms with E-state index in [1.54, 1.807) is 24.3 Å². The van der Waals surface area contributed by atoms with E-state index in [2.05, 4.69) is 0 Å². The molecule has 5 rings (SSSR count). The number of hydrogen-bond acceptors (Lipinski definition) is 6. The third-order valence-corrected chi connectivity index (χ3v) is 6.48. The van der Waals surface area contributed by atoms with Crippen molar-refractivity contribution in [2.75, 3.05) is 11.4 Å². The first kappa shape index (κ1) is 18.6. The predicted molar refractivity (Wildman–Crippen MR) is 107 cm³/mol. The Hall–Kier alpha value is -3.39. The van der Waals surface area contributed by atoms with Gasteiger partial charge in [-0.25, -0.2) is 4.90 Å². The Morgan fingerprint density at radius 2 is 1.73 bits per heavy atom. The third kappa shape index (κ3) is 2.60. The topological polar surface area (TPSA) is 101 Å². The fourth-order valence-electron chi connectivity index (χ4n) is 5.29. The van der Waals surface area contributed by atoms with Crippen LogP contribution < -0.4 is 4.90 Å². The van der Waals surface area contributed by atoms with Gasteiger partial charge in [0, 0.05) is 23.7 Å². The summed E-state index contributed by atoms with van der Waals surface area (Å²) in [5.74, 6) is -2.34. The molecule has 0 radical (unpaired) electrons. The number of fused-ring (bicyclic) bond motifs is 3. The number of carbonyl (C=O) groups is 3. The van der Waals surface area contributed by atoms with Crippen molar-refractivity contribution in [3.8, 4) is 0 Å². The molecule has 8 heteroatoms. The summed E-state index contributed by atoms with van der Waals surface area (Å²) >= 11 is 0. The van der Waals surface area contributed by atoms with Crippen LogP contribution in [-0.4, -0.2) is 46.0 Å². The number of Topliss-reactive ketones (excluding diaryl/α,β-unsaturated/α-hetero) is 1. The van der Waals surface area contributed by atoms with Crippen molar-refractivity contribution in [3.05, 3.63) is 70.3 Å². The number of anilines is 1. The first-order chi connectivity index (χ1) is 14.5. The molecule has 2 amide bonds. The van der Waals surface area contributed by atoms with Crippen LogP contribution in [0.2, 0.25) is 0 Å². The number of benzene rings is 2. The summed E-state index contributed by atoms with van der Waals surface area (Å²) in [6.07, 6.45) is 1.62. The normalized spacial score (nSPS) is 27.9. The highest BCUT2D eigenvalue weighted by molar-refractivity contribution is 6.24. The quantitative estimate of drug-likeness (QED) is 0.335. The lowest BCUT2D eigenvalue weighted by molar-refractivity contribution is -0.384. The van der Waals surface area contributed by atoms with Crippen LogP contribution in [0, 0.1) is 22.0 Å². The molecular weight excluding hydrogens is 386 g/mol. The van der Waals surface area contributed by atoms with E-state index in [9.17, 15) is 24.5 Å². The molecule has 3 aliphatic heterocycles. The molecule has 4 atom stereocenters. The number of nitro benzene ring substituents is 1. The van der Waals surface area contributed by atoms with Crippen LogP contribution in [-0.2, 0) is 9.59 Å². The molecule has 152 valence electrons. The highest BCUT2D eigenvalue weighted by Gasteiger charge is 2.64. The van der Waals surface area contributed by atoms with Crippen molar-refractivity contribution >= 4 is 29.0 Å². The van der Waals surface area contributed by atoms with Crippen molar-refractivity contribution in [1.82, 2.24) is 4.90 Å². The molecule has 3 fully saturated rings. The SMILES string of the molecule is O=C(c1ccccc1)[C@H]1[C@H]2C(=O)N(c3cccc([N+](=O)[O-])c3)C(=O)[C@H]2[C@@H]2CCCN21. The number of imide groups is 1. The largest absolute Gasteiger partial charge is 0.292 e. The number of nitrogens with zero attached hydrogens (tertiary/aromatic N) is 3. The zero-order valence-electron chi connectivity index (χ0n) is 16.0. The van der Waals surface area contributed by atoms with Crippen molar-refractivity contribution in [3.63, 3.8) is 0 Å². The van der Waals surface area contributed by atoms with Crippen LogP contribution in [0.3, 0.4) is 0 Å². The Balaban J connectivity index is 1.55.